The zero-order valence-electron chi connectivity index (χ0n) is 13.5. The highest BCUT2D eigenvalue weighted by molar-refractivity contribution is 5.94. The van der Waals surface area contributed by atoms with Gasteiger partial charge in [-0.05, 0) is 36.2 Å². The van der Waals surface area contributed by atoms with Gasteiger partial charge in [0.1, 0.15) is 22.8 Å². The maximum absolute atomic E-state index is 12.4. The predicted molar refractivity (Wildman–Crippen MR) is 86.2 cm³/mol. The van der Waals surface area contributed by atoms with Crippen LogP contribution in [0.25, 0.3) is 0 Å². The standard InChI is InChI=1S/C18H20O5/c1-4-12-5-7-14(8-6-12)23-18(20)15-10-16(21-2)13(11-19)9-17(15)22-3/h5-10,19H,4,11H2,1-3H3. The molecular weight excluding hydrogens is 296 g/mol. The zero-order chi connectivity index (χ0) is 16.8. The fourth-order valence-corrected chi connectivity index (χ4v) is 2.20. The number of rotatable bonds is 6. The molecule has 0 spiro atoms. The lowest BCUT2D eigenvalue weighted by molar-refractivity contribution is 0.0730. The molecule has 0 unspecified atom stereocenters. The van der Waals surface area contributed by atoms with Crippen molar-refractivity contribution in [2.45, 2.75) is 20.0 Å². The van der Waals surface area contributed by atoms with Crippen molar-refractivity contribution in [3.8, 4) is 17.2 Å². The molecule has 0 heterocycles. The second kappa shape index (κ2) is 7.65. The van der Waals surface area contributed by atoms with Crippen molar-refractivity contribution >= 4 is 5.97 Å². The van der Waals surface area contributed by atoms with Crippen LogP contribution in [0.3, 0.4) is 0 Å². The van der Waals surface area contributed by atoms with Gasteiger partial charge in [-0.1, -0.05) is 19.1 Å². The molecule has 0 aromatic heterocycles. The summed E-state index contributed by atoms with van der Waals surface area (Å²) in [4.78, 5) is 12.4. The number of aryl methyl sites for hydroxylation is 1. The number of carbonyl (C=O) groups is 1. The van der Waals surface area contributed by atoms with E-state index in [1.54, 1.807) is 18.2 Å². The molecule has 0 aliphatic heterocycles. The molecule has 5 heteroatoms. The van der Waals surface area contributed by atoms with Crippen LogP contribution < -0.4 is 14.2 Å². The highest BCUT2D eigenvalue weighted by atomic mass is 16.5. The van der Waals surface area contributed by atoms with Gasteiger partial charge < -0.3 is 19.3 Å². The number of aliphatic hydroxyl groups is 1. The molecule has 0 saturated carbocycles. The molecule has 0 amide bonds. The molecule has 2 aromatic carbocycles. The summed E-state index contributed by atoms with van der Waals surface area (Å²) >= 11 is 0. The van der Waals surface area contributed by atoms with Gasteiger partial charge in [-0.25, -0.2) is 4.79 Å². The summed E-state index contributed by atoms with van der Waals surface area (Å²) < 4.78 is 15.8. The van der Waals surface area contributed by atoms with Crippen molar-refractivity contribution < 1.29 is 24.1 Å². The van der Waals surface area contributed by atoms with Gasteiger partial charge in [0.15, 0.2) is 0 Å². The van der Waals surface area contributed by atoms with E-state index in [1.807, 2.05) is 12.1 Å². The number of hydrogen-bond donors (Lipinski definition) is 1. The number of esters is 1. The largest absolute Gasteiger partial charge is 0.496 e. The van der Waals surface area contributed by atoms with Gasteiger partial charge >= 0.3 is 5.97 Å². The number of methoxy groups -OCH3 is 2. The summed E-state index contributed by atoms with van der Waals surface area (Å²) in [6, 6.07) is 10.4. The molecule has 0 aliphatic rings. The highest BCUT2D eigenvalue weighted by Crippen LogP contribution is 2.30. The third-order valence-electron chi connectivity index (χ3n) is 3.53. The predicted octanol–water partition coefficient (Wildman–Crippen LogP) is 2.98. The summed E-state index contributed by atoms with van der Waals surface area (Å²) in [7, 11) is 2.93. The van der Waals surface area contributed by atoms with E-state index in [2.05, 4.69) is 6.92 Å². The third-order valence-corrected chi connectivity index (χ3v) is 3.53. The van der Waals surface area contributed by atoms with Gasteiger partial charge in [0, 0.05) is 5.56 Å². The smallest absolute Gasteiger partial charge is 0.347 e. The summed E-state index contributed by atoms with van der Waals surface area (Å²) in [6.45, 7) is 1.84. The van der Waals surface area contributed by atoms with E-state index in [0.717, 1.165) is 12.0 Å². The van der Waals surface area contributed by atoms with Gasteiger partial charge in [0.05, 0.1) is 20.8 Å². The van der Waals surface area contributed by atoms with Crippen LogP contribution in [0.5, 0.6) is 17.2 Å². The van der Waals surface area contributed by atoms with E-state index in [4.69, 9.17) is 14.2 Å². The normalized spacial score (nSPS) is 10.3. The molecule has 2 rings (SSSR count). The Morgan fingerprint density at radius 1 is 1.04 bits per heavy atom. The van der Waals surface area contributed by atoms with Crippen molar-refractivity contribution in [1.82, 2.24) is 0 Å². The second-order valence-corrected chi connectivity index (χ2v) is 4.91. The van der Waals surface area contributed by atoms with Crippen LogP contribution in [-0.4, -0.2) is 25.3 Å². The van der Waals surface area contributed by atoms with Crippen LogP contribution in [-0.2, 0) is 13.0 Å². The lowest BCUT2D eigenvalue weighted by Crippen LogP contribution is -2.11. The number of ether oxygens (including phenoxy) is 3. The minimum Gasteiger partial charge on any atom is -0.496 e. The Balaban J connectivity index is 2.29. The first-order chi connectivity index (χ1) is 11.1. The van der Waals surface area contributed by atoms with Crippen LogP contribution in [0.1, 0.15) is 28.4 Å². The molecular formula is C18H20O5. The van der Waals surface area contributed by atoms with Crippen LogP contribution in [0, 0.1) is 0 Å². The molecule has 0 radical (unpaired) electrons. The Kier molecular flexibility index (Phi) is 5.60. The fourth-order valence-electron chi connectivity index (χ4n) is 2.20. The molecule has 0 aliphatic carbocycles. The molecule has 0 saturated heterocycles. The Morgan fingerprint density at radius 2 is 1.70 bits per heavy atom. The minimum absolute atomic E-state index is 0.215. The van der Waals surface area contributed by atoms with E-state index in [1.165, 1.54) is 20.3 Å². The van der Waals surface area contributed by atoms with Crippen LogP contribution in [0.2, 0.25) is 0 Å². The monoisotopic (exact) mass is 316 g/mol. The van der Waals surface area contributed by atoms with Gasteiger partial charge in [0.2, 0.25) is 0 Å². The SMILES string of the molecule is CCc1ccc(OC(=O)c2cc(OC)c(CO)cc2OC)cc1. The summed E-state index contributed by atoms with van der Waals surface area (Å²) in [5.74, 6) is 0.639. The number of aliphatic hydroxyl groups excluding tert-OH is 1. The van der Waals surface area contributed by atoms with Crippen molar-refractivity contribution in [2.75, 3.05) is 14.2 Å². The number of hydrogen-bond acceptors (Lipinski definition) is 5. The van der Waals surface area contributed by atoms with Gasteiger partial charge in [-0.15, -0.1) is 0 Å². The maximum atomic E-state index is 12.4. The molecule has 23 heavy (non-hydrogen) atoms. The summed E-state index contributed by atoms with van der Waals surface area (Å²) in [5.41, 5.74) is 1.94. The van der Waals surface area contributed by atoms with Crippen LogP contribution in [0.4, 0.5) is 0 Å². The minimum atomic E-state index is -0.547. The van der Waals surface area contributed by atoms with E-state index in [-0.39, 0.29) is 12.2 Å². The molecule has 2 aromatic rings. The Hall–Kier alpha value is -2.53. The van der Waals surface area contributed by atoms with Crippen molar-refractivity contribution in [3.05, 3.63) is 53.1 Å². The van der Waals surface area contributed by atoms with Gasteiger partial charge in [-0.3, -0.25) is 0 Å². The Labute approximate surface area is 135 Å². The lowest BCUT2D eigenvalue weighted by Gasteiger charge is -2.13. The van der Waals surface area contributed by atoms with E-state index in [9.17, 15) is 9.90 Å². The molecule has 0 fully saturated rings. The van der Waals surface area contributed by atoms with E-state index >= 15 is 0 Å². The first-order valence-electron chi connectivity index (χ1n) is 7.29. The maximum Gasteiger partial charge on any atom is 0.347 e. The quantitative estimate of drug-likeness (QED) is 0.655. The van der Waals surface area contributed by atoms with Gasteiger partial charge in [0.25, 0.3) is 0 Å². The van der Waals surface area contributed by atoms with Crippen molar-refractivity contribution in [2.24, 2.45) is 0 Å². The molecule has 1 N–H and O–H groups in total. The topological polar surface area (TPSA) is 65.0 Å². The van der Waals surface area contributed by atoms with Crippen molar-refractivity contribution in [1.29, 1.82) is 0 Å². The molecule has 122 valence electrons. The lowest BCUT2D eigenvalue weighted by atomic mass is 10.1. The first kappa shape index (κ1) is 16.8. The Bertz CT molecular complexity index is 677. The average molecular weight is 316 g/mol. The van der Waals surface area contributed by atoms with E-state index < -0.39 is 5.97 Å². The highest BCUT2D eigenvalue weighted by Gasteiger charge is 2.18. The third kappa shape index (κ3) is 3.81. The number of benzene rings is 2. The molecule has 0 atom stereocenters. The summed E-state index contributed by atoms with van der Waals surface area (Å²) in [6.07, 6.45) is 0.919. The molecule has 0 bridgehead atoms. The zero-order valence-corrected chi connectivity index (χ0v) is 13.5. The summed E-state index contributed by atoms with van der Waals surface area (Å²) in [5, 5.41) is 9.33. The first-order valence-corrected chi connectivity index (χ1v) is 7.29. The van der Waals surface area contributed by atoms with Crippen LogP contribution in [0.15, 0.2) is 36.4 Å². The van der Waals surface area contributed by atoms with Crippen LogP contribution >= 0.6 is 0 Å². The van der Waals surface area contributed by atoms with Crippen molar-refractivity contribution in [3.63, 3.8) is 0 Å². The Morgan fingerprint density at radius 3 is 2.22 bits per heavy atom. The fraction of sp³-hybridized carbons (Fsp3) is 0.278. The van der Waals surface area contributed by atoms with E-state index in [0.29, 0.717) is 22.8 Å². The second-order valence-electron chi connectivity index (χ2n) is 4.91. The van der Waals surface area contributed by atoms with Gasteiger partial charge in [-0.2, -0.15) is 0 Å². The number of carbonyl (C=O) groups excluding carboxylic acids is 1. The molecule has 5 nitrogen and oxygen atoms in total. The average Bonchev–Trinajstić information content (AvgIpc) is 2.60.